The first-order valence-corrected chi connectivity index (χ1v) is 6.89. The molecule has 1 aliphatic rings. The van der Waals surface area contributed by atoms with Crippen LogP contribution in [0.15, 0.2) is 24.3 Å². The molecule has 1 aromatic rings. The highest BCUT2D eigenvalue weighted by Gasteiger charge is 2.28. The molecule has 1 fully saturated rings. The maximum atomic E-state index is 13.0. The monoisotopic (exact) mass is 264 g/mol. The van der Waals surface area contributed by atoms with Crippen LogP contribution in [0.25, 0.3) is 0 Å². The van der Waals surface area contributed by atoms with E-state index in [-0.39, 0.29) is 17.8 Å². The van der Waals surface area contributed by atoms with E-state index in [0.29, 0.717) is 5.92 Å². The van der Waals surface area contributed by atoms with Crippen LogP contribution in [0, 0.1) is 11.7 Å². The van der Waals surface area contributed by atoms with E-state index in [1.807, 2.05) is 0 Å². The third-order valence-corrected chi connectivity index (χ3v) is 3.81. The molecule has 3 N–H and O–H groups in total. The van der Waals surface area contributed by atoms with E-state index < -0.39 is 6.04 Å². The number of halogens is 1. The molecule has 19 heavy (non-hydrogen) atoms. The first-order valence-electron chi connectivity index (χ1n) is 6.89. The van der Waals surface area contributed by atoms with Crippen LogP contribution in [0.1, 0.15) is 44.2 Å². The Morgan fingerprint density at radius 3 is 2.42 bits per heavy atom. The quantitative estimate of drug-likeness (QED) is 0.878. The molecule has 0 aliphatic heterocycles. The molecule has 0 saturated heterocycles. The molecule has 0 radical (unpaired) electrons. The summed E-state index contributed by atoms with van der Waals surface area (Å²) in [4.78, 5) is 11.8. The zero-order valence-electron chi connectivity index (χ0n) is 11.2. The van der Waals surface area contributed by atoms with Gasteiger partial charge in [0.25, 0.3) is 0 Å². The summed E-state index contributed by atoms with van der Waals surface area (Å²) in [6.45, 7) is 1.67. The number of carbonyl (C=O) groups excluding carboxylic acids is 1. The van der Waals surface area contributed by atoms with Gasteiger partial charge in [-0.25, -0.2) is 4.39 Å². The van der Waals surface area contributed by atoms with Crippen LogP contribution in [0.3, 0.4) is 0 Å². The highest BCUT2D eigenvalue weighted by molar-refractivity contribution is 5.81. The summed E-state index contributed by atoms with van der Waals surface area (Å²) >= 11 is 0. The van der Waals surface area contributed by atoms with Gasteiger partial charge in [0.1, 0.15) is 5.82 Å². The van der Waals surface area contributed by atoms with Crippen LogP contribution in [-0.2, 0) is 4.79 Å². The fourth-order valence-corrected chi connectivity index (χ4v) is 2.72. The number of amides is 1. The van der Waals surface area contributed by atoms with Crippen molar-refractivity contribution in [3.05, 3.63) is 35.6 Å². The largest absolute Gasteiger partial charge is 0.348 e. The lowest BCUT2D eigenvalue weighted by Gasteiger charge is -2.26. The molecule has 0 aromatic heterocycles. The number of nitrogens with two attached hydrogens (primary N) is 1. The van der Waals surface area contributed by atoms with Crippen LogP contribution in [0.4, 0.5) is 4.39 Å². The minimum Gasteiger partial charge on any atom is -0.348 e. The summed E-state index contributed by atoms with van der Waals surface area (Å²) in [6, 6.07) is 5.80. The third-order valence-electron chi connectivity index (χ3n) is 3.81. The van der Waals surface area contributed by atoms with Gasteiger partial charge in [-0.2, -0.15) is 0 Å². The predicted molar refractivity (Wildman–Crippen MR) is 72.9 cm³/mol. The molecule has 104 valence electrons. The fraction of sp³-hybridized carbons (Fsp3) is 0.533. The van der Waals surface area contributed by atoms with Crippen LogP contribution >= 0.6 is 0 Å². The minimum atomic E-state index is -0.524. The van der Waals surface area contributed by atoms with Crippen molar-refractivity contribution in [1.29, 1.82) is 0 Å². The van der Waals surface area contributed by atoms with Crippen LogP contribution in [-0.4, -0.2) is 11.9 Å². The lowest BCUT2D eigenvalue weighted by atomic mass is 9.91. The number of nitrogens with one attached hydrogen (secondary N) is 1. The Morgan fingerprint density at radius 1 is 1.32 bits per heavy atom. The Labute approximate surface area is 113 Å². The zero-order chi connectivity index (χ0) is 13.8. The smallest absolute Gasteiger partial charge is 0.237 e. The second-order valence-electron chi connectivity index (χ2n) is 5.37. The van der Waals surface area contributed by atoms with E-state index >= 15 is 0 Å². The van der Waals surface area contributed by atoms with Gasteiger partial charge < -0.3 is 11.1 Å². The summed E-state index contributed by atoms with van der Waals surface area (Å²) in [5.74, 6) is 0.0156. The van der Waals surface area contributed by atoms with E-state index in [4.69, 9.17) is 5.73 Å². The van der Waals surface area contributed by atoms with Gasteiger partial charge >= 0.3 is 0 Å². The summed E-state index contributed by atoms with van der Waals surface area (Å²) in [7, 11) is 0. The van der Waals surface area contributed by atoms with E-state index in [1.165, 1.54) is 25.0 Å². The Bertz CT molecular complexity index is 424. The normalized spacial score (nSPS) is 19.1. The third kappa shape index (κ3) is 3.53. The number of rotatable bonds is 4. The first-order chi connectivity index (χ1) is 9.08. The molecular formula is C15H21FN2O. The molecule has 2 atom stereocenters. The summed E-state index contributed by atoms with van der Waals surface area (Å²) in [6.07, 6.45) is 4.58. The lowest BCUT2D eigenvalue weighted by Crippen LogP contribution is -2.42. The van der Waals surface area contributed by atoms with Crippen molar-refractivity contribution in [1.82, 2.24) is 5.32 Å². The van der Waals surface area contributed by atoms with Crippen molar-refractivity contribution in [2.24, 2.45) is 11.7 Å². The van der Waals surface area contributed by atoms with Crippen LogP contribution < -0.4 is 11.1 Å². The highest BCUT2D eigenvalue weighted by Crippen LogP contribution is 2.35. The molecule has 1 amide bonds. The van der Waals surface area contributed by atoms with Gasteiger partial charge in [0.2, 0.25) is 5.91 Å². The van der Waals surface area contributed by atoms with Gasteiger partial charge in [-0.3, -0.25) is 4.79 Å². The molecule has 1 aromatic carbocycles. The van der Waals surface area contributed by atoms with Crippen LogP contribution in [0.2, 0.25) is 0 Å². The maximum absolute atomic E-state index is 13.0. The standard InChI is InChI=1S/C15H21FN2O/c1-10(17)15(19)18-14(11-4-2-3-5-11)12-6-8-13(16)9-7-12/h6-11,14H,2-5,17H2,1H3,(H,18,19)/t10-,14?/m1/s1. The minimum absolute atomic E-state index is 0.0541. The van der Waals surface area contributed by atoms with Gasteiger partial charge in [-0.1, -0.05) is 25.0 Å². The molecule has 0 heterocycles. The van der Waals surface area contributed by atoms with Crippen molar-refractivity contribution in [2.75, 3.05) is 0 Å². The second-order valence-corrected chi connectivity index (χ2v) is 5.37. The van der Waals surface area contributed by atoms with Gasteiger partial charge in [0, 0.05) is 0 Å². The SMILES string of the molecule is C[C@@H](N)C(=O)NC(c1ccc(F)cc1)C1CCCC1. The van der Waals surface area contributed by atoms with E-state index in [9.17, 15) is 9.18 Å². The summed E-state index contributed by atoms with van der Waals surface area (Å²) < 4.78 is 13.0. The van der Waals surface area contributed by atoms with Crippen molar-refractivity contribution < 1.29 is 9.18 Å². The van der Waals surface area contributed by atoms with Gasteiger partial charge in [-0.05, 0) is 43.4 Å². The highest BCUT2D eigenvalue weighted by atomic mass is 19.1. The topological polar surface area (TPSA) is 55.1 Å². The summed E-state index contributed by atoms with van der Waals surface area (Å²) in [5.41, 5.74) is 6.57. The molecule has 0 spiro atoms. The predicted octanol–water partition coefficient (Wildman–Crippen LogP) is 2.52. The van der Waals surface area contributed by atoms with Gasteiger partial charge in [0.15, 0.2) is 0 Å². The average Bonchev–Trinajstić information content (AvgIpc) is 2.90. The zero-order valence-corrected chi connectivity index (χ0v) is 11.2. The Hall–Kier alpha value is -1.42. The van der Waals surface area contributed by atoms with Crippen molar-refractivity contribution >= 4 is 5.91 Å². The number of carbonyl (C=O) groups is 1. The average molecular weight is 264 g/mol. The van der Waals surface area contributed by atoms with Crippen molar-refractivity contribution in [3.63, 3.8) is 0 Å². The fourth-order valence-electron chi connectivity index (χ4n) is 2.72. The Balaban J connectivity index is 2.18. The first kappa shape index (κ1) is 14.0. The molecule has 1 aliphatic carbocycles. The maximum Gasteiger partial charge on any atom is 0.237 e. The number of benzene rings is 1. The van der Waals surface area contributed by atoms with Crippen LogP contribution in [0.5, 0.6) is 0 Å². The van der Waals surface area contributed by atoms with Crippen molar-refractivity contribution in [2.45, 2.75) is 44.7 Å². The number of hydrogen-bond acceptors (Lipinski definition) is 2. The van der Waals surface area contributed by atoms with E-state index in [1.54, 1.807) is 19.1 Å². The number of hydrogen-bond donors (Lipinski definition) is 2. The Kier molecular flexibility index (Phi) is 4.53. The van der Waals surface area contributed by atoms with Crippen molar-refractivity contribution in [3.8, 4) is 0 Å². The van der Waals surface area contributed by atoms with E-state index in [2.05, 4.69) is 5.32 Å². The molecule has 1 saturated carbocycles. The van der Waals surface area contributed by atoms with E-state index in [0.717, 1.165) is 18.4 Å². The molecular weight excluding hydrogens is 243 g/mol. The molecule has 3 nitrogen and oxygen atoms in total. The van der Waals surface area contributed by atoms with Gasteiger partial charge in [0.05, 0.1) is 12.1 Å². The molecule has 4 heteroatoms. The second kappa shape index (κ2) is 6.15. The Morgan fingerprint density at radius 2 is 1.89 bits per heavy atom. The molecule has 0 bridgehead atoms. The summed E-state index contributed by atoms with van der Waals surface area (Å²) in [5, 5.41) is 3.01. The molecule has 1 unspecified atom stereocenters. The lowest BCUT2D eigenvalue weighted by molar-refractivity contribution is -0.123. The van der Waals surface area contributed by atoms with Gasteiger partial charge in [-0.15, -0.1) is 0 Å². The molecule has 2 rings (SSSR count).